The maximum Gasteiger partial charge on any atom is 0.251 e. The van der Waals surface area contributed by atoms with Crippen LogP contribution in [0.25, 0.3) is 0 Å². The smallest absolute Gasteiger partial charge is 0.251 e. The molecule has 0 aromatic heterocycles. The molecular weight excluding hydrogens is 198 g/mol. The molecule has 0 aromatic rings. The molecule has 0 aliphatic rings. The van der Waals surface area contributed by atoms with Crippen LogP contribution in [0.3, 0.4) is 0 Å². The van der Waals surface area contributed by atoms with Crippen LogP contribution in [0.1, 0.15) is 0 Å². The highest BCUT2D eigenvalue weighted by atomic mass is 35.5. The highest BCUT2D eigenvalue weighted by Gasteiger charge is 2.10. The summed E-state index contributed by atoms with van der Waals surface area (Å²) in [6.07, 6.45) is -2.27. The van der Waals surface area contributed by atoms with E-state index in [0.29, 0.717) is 19.0 Å². The van der Waals surface area contributed by atoms with E-state index in [9.17, 15) is 8.78 Å². The minimum atomic E-state index is -2.27. The van der Waals surface area contributed by atoms with Crippen LogP contribution in [-0.2, 0) is 0 Å². The molecule has 0 amide bonds. The number of alkyl halides is 3. The van der Waals surface area contributed by atoms with Crippen LogP contribution in [-0.4, -0.2) is 62.4 Å². The molecule has 0 saturated heterocycles. The minimum absolute atomic E-state index is 0.180. The van der Waals surface area contributed by atoms with Crippen LogP contribution in [0.5, 0.6) is 0 Å². The van der Waals surface area contributed by atoms with Crippen LogP contribution >= 0.6 is 11.6 Å². The summed E-state index contributed by atoms with van der Waals surface area (Å²) in [6, 6.07) is 0. The quantitative estimate of drug-likeness (QED) is 0.591. The first kappa shape index (κ1) is 13.1. The van der Waals surface area contributed by atoms with Gasteiger partial charge in [0.05, 0.1) is 6.54 Å². The predicted octanol–water partition coefficient (Wildman–Crippen LogP) is 1.35. The number of halogens is 3. The highest BCUT2D eigenvalue weighted by Crippen LogP contribution is 1.98. The van der Waals surface area contributed by atoms with Gasteiger partial charge in [-0.1, -0.05) is 0 Å². The van der Waals surface area contributed by atoms with E-state index in [4.69, 9.17) is 11.6 Å². The number of likely N-dealkylation sites (N-methyl/N-ethyl adjacent to an activating group) is 1. The lowest BCUT2D eigenvalue weighted by Crippen LogP contribution is -2.36. The van der Waals surface area contributed by atoms with E-state index >= 15 is 0 Å². The first-order valence-corrected chi connectivity index (χ1v) is 4.81. The average molecular weight is 215 g/mol. The summed E-state index contributed by atoms with van der Waals surface area (Å²) in [5.74, 6) is 0.403. The van der Waals surface area contributed by atoms with E-state index in [1.165, 1.54) is 0 Å². The maximum absolute atomic E-state index is 12.0. The summed E-state index contributed by atoms with van der Waals surface area (Å²) in [6.45, 7) is 1.77. The fourth-order valence-electron chi connectivity index (χ4n) is 0.951. The summed E-state index contributed by atoms with van der Waals surface area (Å²) in [5.41, 5.74) is 0. The lowest BCUT2D eigenvalue weighted by molar-refractivity contribution is 0.0878. The van der Waals surface area contributed by atoms with Crippen LogP contribution in [0.2, 0.25) is 0 Å². The Labute approximate surface area is 83.4 Å². The molecular formula is C8H17ClF2N2. The lowest BCUT2D eigenvalue weighted by Gasteiger charge is -2.22. The Morgan fingerprint density at radius 2 is 1.77 bits per heavy atom. The van der Waals surface area contributed by atoms with E-state index in [1.54, 1.807) is 4.90 Å². The number of rotatable bonds is 7. The highest BCUT2D eigenvalue weighted by molar-refractivity contribution is 6.18. The Morgan fingerprint density at radius 3 is 2.15 bits per heavy atom. The second-order valence-electron chi connectivity index (χ2n) is 3.18. The molecule has 0 aliphatic carbocycles. The topological polar surface area (TPSA) is 6.48 Å². The molecule has 0 radical (unpaired) electrons. The Hall–Kier alpha value is 0.0700. The van der Waals surface area contributed by atoms with E-state index in [1.807, 2.05) is 19.0 Å². The maximum atomic E-state index is 12.0. The molecule has 2 nitrogen and oxygen atoms in total. The van der Waals surface area contributed by atoms with Crippen LogP contribution in [0.4, 0.5) is 8.78 Å². The molecule has 13 heavy (non-hydrogen) atoms. The second-order valence-corrected chi connectivity index (χ2v) is 3.56. The third-order valence-electron chi connectivity index (χ3n) is 1.66. The second kappa shape index (κ2) is 7.47. The molecule has 0 atom stereocenters. The van der Waals surface area contributed by atoms with Gasteiger partial charge in [-0.05, 0) is 14.1 Å². The molecule has 0 heterocycles. The lowest BCUT2D eigenvalue weighted by atomic mass is 10.4. The SMILES string of the molecule is CN(C)CCN(CCCl)CC(F)F. The fourth-order valence-corrected chi connectivity index (χ4v) is 1.19. The van der Waals surface area contributed by atoms with Gasteiger partial charge in [0.1, 0.15) is 0 Å². The van der Waals surface area contributed by atoms with Crippen molar-refractivity contribution in [1.82, 2.24) is 9.80 Å². The van der Waals surface area contributed by atoms with Gasteiger partial charge >= 0.3 is 0 Å². The molecule has 0 rings (SSSR count). The van der Waals surface area contributed by atoms with Gasteiger partial charge in [-0.25, -0.2) is 8.78 Å². The van der Waals surface area contributed by atoms with Crippen molar-refractivity contribution in [3.05, 3.63) is 0 Å². The summed E-state index contributed by atoms with van der Waals surface area (Å²) < 4.78 is 24.1. The third kappa shape index (κ3) is 8.40. The van der Waals surface area contributed by atoms with Crippen molar-refractivity contribution in [3.8, 4) is 0 Å². The van der Waals surface area contributed by atoms with E-state index in [0.717, 1.165) is 6.54 Å². The molecule has 0 N–H and O–H groups in total. The van der Waals surface area contributed by atoms with E-state index in [-0.39, 0.29) is 6.54 Å². The van der Waals surface area contributed by atoms with Crippen molar-refractivity contribution in [2.24, 2.45) is 0 Å². The number of hydrogen-bond acceptors (Lipinski definition) is 2. The van der Waals surface area contributed by atoms with Gasteiger partial charge < -0.3 is 4.90 Å². The molecule has 0 saturated carbocycles. The zero-order valence-electron chi connectivity index (χ0n) is 8.14. The zero-order chi connectivity index (χ0) is 10.3. The fraction of sp³-hybridized carbons (Fsp3) is 1.00. The van der Waals surface area contributed by atoms with Gasteiger partial charge in [0.2, 0.25) is 0 Å². The molecule has 0 unspecified atom stereocenters. The first-order chi connectivity index (χ1) is 6.06. The molecule has 0 bridgehead atoms. The van der Waals surface area contributed by atoms with Gasteiger partial charge in [0.15, 0.2) is 0 Å². The van der Waals surface area contributed by atoms with Gasteiger partial charge in [-0.2, -0.15) is 0 Å². The Bertz CT molecular complexity index is 123. The molecule has 0 aliphatic heterocycles. The van der Waals surface area contributed by atoms with E-state index in [2.05, 4.69) is 0 Å². The van der Waals surface area contributed by atoms with Gasteiger partial charge in [0, 0.05) is 25.5 Å². The number of nitrogens with zero attached hydrogens (tertiary/aromatic N) is 2. The first-order valence-electron chi connectivity index (χ1n) is 4.27. The number of hydrogen-bond donors (Lipinski definition) is 0. The third-order valence-corrected chi connectivity index (χ3v) is 1.83. The van der Waals surface area contributed by atoms with Crippen LogP contribution < -0.4 is 0 Å². The van der Waals surface area contributed by atoms with Crippen LogP contribution in [0.15, 0.2) is 0 Å². The Kier molecular flexibility index (Phi) is 7.51. The van der Waals surface area contributed by atoms with Crippen molar-refractivity contribution in [1.29, 1.82) is 0 Å². The summed E-state index contributed by atoms with van der Waals surface area (Å²) in [4.78, 5) is 3.64. The summed E-state index contributed by atoms with van der Waals surface area (Å²) in [7, 11) is 3.84. The van der Waals surface area contributed by atoms with Gasteiger partial charge in [-0.15, -0.1) is 11.6 Å². The van der Waals surface area contributed by atoms with E-state index < -0.39 is 6.43 Å². The van der Waals surface area contributed by atoms with Crippen molar-refractivity contribution in [2.75, 3.05) is 46.2 Å². The largest absolute Gasteiger partial charge is 0.308 e. The predicted molar refractivity (Wildman–Crippen MR) is 51.7 cm³/mol. The van der Waals surface area contributed by atoms with Crippen molar-refractivity contribution in [3.63, 3.8) is 0 Å². The Balaban J connectivity index is 3.66. The summed E-state index contributed by atoms with van der Waals surface area (Å²) in [5, 5.41) is 0. The molecule has 0 spiro atoms. The average Bonchev–Trinajstić information content (AvgIpc) is 1.99. The standard InChI is InChI=1S/C8H17ClF2N2/c1-12(2)5-6-13(4-3-9)7-8(10)11/h8H,3-7H2,1-2H3. The van der Waals surface area contributed by atoms with Crippen molar-refractivity contribution < 1.29 is 8.78 Å². The molecule has 0 fully saturated rings. The minimum Gasteiger partial charge on any atom is -0.308 e. The van der Waals surface area contributed by atoms with Crippen molar-refractivity contribution in [2.45, 2.75) is 6.43 Å². The van der Waals surface area contributed by atoms with Gasteiger partial charge in [-0.3, -0.25) is 4.90 Å². The molecule has 0 aromatic carbocycles. The Morgan fingerprint density at radius 1 is 1.15 bits per heavy atom. The van der Waals surface area contributed by atoms with Crippen LogP contribution in [0, 0.1) is 0 Å². The van der Waals surface area contributed by atoms with Gasteiger partial charge in [0.25, 0.3) is 6.43 Å². The normalized spacial score (nSPS) is 12.0. The zero-order valence-corrected chi connectivity index (χ0v) is 8.90. The summed E-state index contributed by atoms with van der Waals surface area (Å²) >= 11 is 5.49. The monoisotopic (exact) mass is 214 g/mol. The van der Waals surface area contributed by atoms with Crippen molar-refractivity contribution >= 4 is 11.6 Å². The molecule has 5 heteroatoms. The molecule has 80 valence electrons.